The van der Waals surface area contributed by atoms with Gasteiger partial charge in [0.1, 0.15) is 0 Å². The molecule has 1 N–H and O–H groups in total. The standard InChI is InChI=1S/C20H22N2O3/c1-15(23)17-6-8-19(9-7-17)21-20(24)18-4-2-16(3-5-18)14-22-10-12-25-13-11-22/h2-9H,10-14H2,1H3,(H,21,24). The van der Waals surface area contributed by atoms with Crippen molar-refractivity contribution in [3.63, 3.8) is 0 Å². The third-order valence-electron chi connectivity index (χ3n) is 4.28. The van der Waals surface area contributed by atoms with E-state index >= 15 is 0 Å². The smallest absolute Gasteiger partial charge is 0.255 e. The number of hydrogen-bond acceptors (Lipinski definition) is 4. The van der Waals surface area contributed by atoms with Gasteiger partial charge in [-0.2, -0.15) is 0 Å². The molecule has 0 unspecified atom stereocenters. The zero-order valence-electron chi connectivity index (χ0n) is 14.3. The molecule has 3 rings (SSSR count). The Bertz CT molecular complexity index is 733. The van der Waals surface area contributed by atoms with Crippen LogP contribution in [0.2, 0.25) is 0 Å². The Morgan fingerprint density at radius 2 is 1.56 bits per heavy atom. The van der Waals surface area contributed by atoms with E-state index in [0.29, 0.717) is 16.8 Å². The molecule has 1 aliphatic heterocycles. The molecule has 1 amide bonds. The highest BCUT2D eigenvalue weighted by molar-refractivity contribution is 6.04. The lowest BCUT2D eigenvalue weighted by atomic mass is 10.1. The number of nitrogens with one attached hydrogen (secondary N) is 1. The number of rotatable bonds is 5. The van der Waals surface area contributed by atoms with E-state index in [0.717, 1.165) is 32.8 Å². The lowest BCUT2D eigenvalue weighted by molar-refractivity contribution is 0.0342. The van der Waals surface area contributed by atoms with Gasteiger partial charge in [-0.1, -0.05) is 12.1 Å². The highest BCUT2D eigenvalue weighted by atomic mass is 16.5. The quantitative estimate of drug-likeness (QED) is 0.852. The molecule has 5 heteroatoms. The normalized spacial score (nSPS) is 14.9. The summed E-state index contributed by atoms with van der Waals surface area (Å²) in [5, 5.41) is 2.85. The second-order valence-electron chi connectivity index (χ2n) is 6.17. The molecule has 0 spiro atoms. The van der Waals surface area contributed by atoms with Gasteiger partial charge in [-0.05, 0) is 48.9 Å². The van der Waals surface area contributed by atoms with Crippen molar-refractivity contribution in [3.8, 4) is 0 Å². The molecule has 0 aromatic heterocycles. The summed E-state index contributed by atoms with van der Waals surface area (Å²) in [6.07, 6.45) is 0. The van der Waals surface area contributed by atoms with Crippen molar-refractivity contribution in [3.05, 3.63) is 65.2 Å². The van der Waals surface area contributed by atoms with Crippen molar-refractivity contribution in [2.75, 3.05) is 31.6 Å². The highest BCUT2D eigenvalue weighted by Gasteiger charge is 2.11. The largest absolute Gasteiger partial charge is 0.379 e. The van der Waals surface area contributed by atoms with E-state index < -0.39 is 0 Å². The zero-order valence-corrected chi connectivity index (χ0v) is 14.3. The molecule has 1 fully saturated rings. The van der Waals surface area contributed by atoms with E-state index in [9.17, 15) is 9.59 Å². The van der Waals surface area contributed by atoms with Crippen molar-refractivity contribution in [1.29, 1.82) is 0 Å². The number of carbonyl (C=O) groups is 2. The Labute approximate surface area is 147 Å². The molecule has 1 saturated heterocycles. The van der Waals surface area contributed by atoms with E-state index in [2.05, 4.69) is 10.2 Å². The maximum atomic E-state index is 12.3. The fraction of sp³-hybridized carbons (Fsp3) is 0.300. The van der Waals surface area contributed by atoms with Crippen LogP contribution in [0.4, 0.5) is 5.69 Å². The lowest BCUT2D eigenvalue weighted by Gasteiger charge is -2.26. The topological polar surface area (TPSA) is 58.6 Å². The van der Waals surface area contributed by atoms with Crippen molar-refractivity contribution >= 4 is 17.4 Å². The molecule has 130 valence electrons. The van der Waals surface area contributed by atoms with Gasteiger partial charge >= 0.3 is 0 Å². The molecule has 2 aromatic carbocycles. The van der Waals surface area contributed by atoms with Gasteiger partial charge in [0.05, 0.1) is 13.2 Å². The van der Waals surface area contributed by atoms with Gasteiger partial charge in [-0.3, -0.25) is 14.5 Å². The number of morpholine rings is 1. The molecule has 5 nitrogen and oxygen atoms in total. The summed E-state index contributed by atoms with van der Waals surface area (Å²) in [5.74, 6) is -0.151. The van der Waals surface area contributed by atoms with Crippen LogP contribution in [0.3, 0.4) is 0 Å². The van der Waals surface area contributed by atoms with Crippen molar-refractivity contribution in [2.45, 2.75) is 13.5 Å². The summed E-state index contributed by atoms with van der Waals surface area (Å²) >= 11 is 0. The lowest BCUT2D eigenvalue weighted by Crippen LogP contribution is -2.35. The van der Waals surface area contributed by atoms with Crippen LogP contribution in [0, 0.1) is 0 Å². The molecule has 0 radical (unpaired) electrons. The Hall–Kier alpha value is -2.50. The molecule has 0 bridgehead atoms. The third kappa shape index (κ3) is 4.75. The van der Waals surface area contributed by atoms with Crippen molar-refractivity contribution < 1.29 is 14.3 Å². The van der Waals surface area contributed by atoms with E-state index in [1.807, 2.05) is 24.3 Å². The van der Waals surface area contributed by atoms with Crippen LogP contribution in [-0.4, -0.2) is 42.9 Å². The van der Waals surface area contributed by atoms with E-state index in [1.54, 1.807) is 24.3 Å². The predicted molar refractivity (Wildman–Crippen MR) is 96.9 cm³/mol. The SMILES string of the molecule is CC(=O)c1ccc(NC(=O)c2ccc(CN3CCOCC3)cc2)cc1. The molecular formula is C20H22N2O3. The van der Waals surface area contributed by atoms with Crippen LogP contribution >= 0.6 is 0 Å². The predicted octanol–water partition coefficient (Wildman–Crippen LogP) is 2.97. The molecule has 1 heterocycles. The molecule has 25 heavy (non-hydrogen) atoms. The van der Waals surface area contributed by atoms with Crippen LogP contribution < -0.4 is 5.32 Å². The molecule has 1 aliphatic rings. The summed E-state index contributed by atoms with van der Waals surface area (Å²) in [6.45, 7) is 5.84. The van der Waals surface area contributed by atoms with Crippen molar-refractivity contribution in [2.24, 2.45) is 0 Å². The van der Waals surface area contributed by atoms with E-state index in [1.165, 1.54) is 12.5 Å². The summed E-state index contributed by atoms with van der Waals surface area (Å²) in [5.41, 5.74) is 3.10. The number of benzene rings is 2. The first-order valence-electron chi connectivity index (χ1n) is 8.43. The highest BCUT2D eigenvalue weighted by Crippen LogP contribution is 2.13. The maximum absolute atomic E-state index is 12.3. The van der Waals surface area contributed by atoms with Gasteiger partial charge in [0.15, 0.2) is 5.78 Å². The minimum Gasteiger partial charge on any atom is -0.379 e. The third-order valence-corrected chi connectivity index (χ3v) is 4.28. The summed E-state index contributed by atoms with van der Waals surface area (Å²) in [6, 6.07) is 14.6. The maximum Gasteiger partial charge on any atom is 0.255 e. The average Bonchev–Trinajstić information content (AvgIpc) is 2.63. The van der Waals surface area contributed by atoms with Gasteiger partial charge in [0.2, 0.25) is 0 Å². The Kier molecular flexibility index (Phi) is 5.58. The van der Waals surface area contributed by atoms with Crippen molar-refractivity contribution in [1.82, 2.24) is 4.90 Å². The number of hydrogen-bond donors (Lipinski definition) is 1. The average molecular weight is 338 g/mol. The first-order valence-corrected chi connectivity index (χ1v) is 8.43. The van der Waals surface area contributed by atoms with Crippen LogP contribution in [0.15, 0.2) is 48.5 Å². The Morgan fingerprint density at radius 3 is 2.16 bits per heavy atom. The monoisotopic (exact) mass is 338 g/mol. The second kappa shape index (κ2) is 8.05. The number of anilines is 1. The zero-order chi connectivity index (χ0) is 17.6. The van der Waals surface area contributed by atoms with Crippen LogP contribution in [0.25, 0.3) is 0 Å². The number of nitrogens with zero attached hydrogens (tertiary/aromatic N) is 1. The number of Topliss-reactive ketones (excluding diaryl/α,β-unsaturated/α-hetero) is 1. The summed E-state index contributed by atoms with van der Waals surface area (Å²) in [4.78, 5) is 25.9. The number of ketones is 1. The molecule has 2 aromatic rings. The van der Waals surface area contributed by atoms with Crippen LogP contribution in [-0.2, 0) is 11.3 Å². The van der Waals surface area contributed by atoms with E-state index in [-0.39, 0.29) is 11.7 Å². The first-order chi connectivity index (χ1) is 12.1. The van der Waals surface area contributed by atoms with Gasteiger partial charge in [-0.25, -0.2) is 0 Å². The minimum atomic E-state index is -0.159. The second-order valence-corrected chi connectivity index (χ2v) is 6.17. The summed E-state index contributed by atoms with van der Waals surface area (Å²) < 4.78 is 5.35. The Morgan fingerprint density at radius 1 is 0.960 bits per heavy atom. The first kappa shape index (κ1) is 17.3. The van der Waals surface area contributed by atoms with Gasteiger partial charge in [0.25, 0.3) is 5.91 Å². The van der Waals surface area contributed by atoms with E-state index in [4.69, 9.17) is 4.74 Å². The summed E-state index contributed by atoms with van der Waals surface area (Å²) in [7, 11) is 0. The van der Waals surface area contributed by atoms with Gasteiger partial charge in [0, 0.05) is 36.4 Å². The van der Waals surface area contributed by atoms with Gasteiger partial charge < -0.3 is 10.1 Å². The number of amides is 1. The minimum absolute atomic E-state index is 0.00809. The van der Waals surface area contributed by atoms with Crippen LogP contribution in [0.1, 0.15) is 33.2 Å². The molecule has 0 atom stereocenters. The molecule has 0 saturated carbocycles. The molecular weight excluding hydrogens is 316 g/mol. The fourth-order valence-corrected chi connectivity index (χ4v) is 2.77. The molecule has 0 aliphatic carbocycles. The fourth-order valence-electron chi connectivity index (χ4n) is 2.77. The number of ether oxygens (including phenoxy) is 1. The number of carbonyl (C=O) groups excluding carboxylic acids is 2. The Balaban J connectivity index is 1.59. The van der Waals surface area contributed by atoms with Gasteiger partial charge in [-0.15, -0.1) is 0 Å². The van der Waals surface area contributed by atoms with Crippen LogP contribution in [0.5, 0.6) is 0 Å².